The van der Waals surface area contributed by atoms with Crippen LogP contribution >= 0.6 is 0 Å². The largest absolute Gasteiger partial charge is 0.337 e. The van der Waals surface area contributed by atoms with Gasteiger partial charge in [0.2, 0.25) is 5.91 Å². The molecule has 0 aliphatic carbocycles. The van der Waals surface area contributed by atoms with Crippen LogP contribution in [-0.2, 0) is 4.79 Å². The summed E-state index contributed by atoms with van der Waals surface area (Å²) in [5.74, 6) is 1.24. The highest BCUT2D eigenvalue weighted by Gasteiger charge is 2.46. The predicted molar refractivity (Wildman–Crippen MR) is 96.2 cm³/mol. The molecular weight excluding hydrogens is 286 g/mol. The minimum atomic E-state index is -0.00123. The number of carbonyl (C=O) groups excluding carboxylic acids is 1. The first-order chi connectivity index (χ1) is 10.6. The maximum Gasteiger partial charge on any atom is 0.226 e. The summed E-state index contributed by atoms with van der Waals surface area (Å²) in [5, 5.41) is 0. The number of nitrogens with zero attached hydrogens (tertiary/aromatic N) is 2. The van der Waals surface area contributed by atoms with Crippen LogP contribution in [-0.4, -0.2) is 54.0 Å². The van der Waals surface area contributed by atoms with Crippen LogP contribution in [0.1, 0.15) is 60.3 Å². The summed E-state index contributed by atoms with van der Waals surface area (Å²) in [5.41, 5.74) is 5.96. The van der Waals surface area contributed by atoms with E-state index in [9.17, 15) is 4.79 Å². The molecule has 0 spiro atoms. The standard InChI is InChI=1S/C19H37N3O/c1-18(2,3)14-16-8-12-22(19(16,4)5)17(23)15-6-10-21(11-7-15)13-9-20/h15-16H,6-14,20H2,1-5H3. The van der Waals surface area contributed by atoms with Crippen LogP contribution in [0.3, 0.4) is 0 Å². The lowest BCUT2D eigenvalue weighted by Gasteiger charge is -2.41. The van der Waals surface area contributed by atoms with Crippen molar-refractivity contribution < 1.29 is 4.79 Å². The van der Waals surface area contributed by atoms with Gasteiger partial charge in [0.15, 0.2) is 0 Å². The second-order valence-corrected chi connectivity index (χ2v) is 9.30. The summed E-state index contributed by atoms with van der Waals surface area (Å²) < 4.78 is 0. The van der Waals surface area contributed by atoms with Crippen molar-refractivity contribution in [1.82, 2.24) is 9.80 Å². The van der Waals surface area contributed by atoms with Gasteiger partial charge in [0.1, 0.15) is 0 Å². The highest BCUT2D eigenvalue weighted by atomic mass is 16.2. The summed E-state index contributed by atoms with van der Waals surface area (Å²) in [6, 6.07) is 0. The average Bonchev–Trinajstić information content (AvgIpc) is 2.73. The van der Waals surface area contributed by atoms with Crippen molar-refractivity contribution in [3.05, 3.63) is 0 Å². The van der Waals surface area contributed by atoms with Crippen molar-refractivity contribution in [1.29, 1.82) is 0 Å². The second kappa shape index (κ2) is 7.10. The van der Waals surface area contributed by atoms with Gasteiger partial charge in [-0.2, -0.15) is 0 Å². The van der Waals surface area contributed by atoms with Gasteiger partial charge in [-0.1, -0.05) is 20.8 Å². The van der Waals surface area contributed by atoms with Crippen LogP contribution in [0.15, 0.2) is 0 Å². The van der Waals surface area contributed by atoms with Crippen LogP contribution < -0.4 is 5.73 Å². The Morgan fingerprint density at radius 3 is 2.26 bits per heavy atom. The van der Waals surface area contributed by atoms with Crippen molar-refractivity contribution in [2.24, 2.45) is 23.0 Å². The van der Waals surface area contributed by atoms with Gasteiger partial charge in [-0.15, -0.1) is 0 Å². The number of rotatable bonds is 4. The molecule has 0 aromatic carbocycles. The molecule has 0 bridgehead atoms. The van der Waals surface area contributed by atoms with E-state index in [1.807, 2.05) is 0 Å². The molecule has 2 N–H and O–H groups in total. The summed E-state index contributed by atoms with van der Waals surface area (Å²) in [6.45, 7) is 16.1. The molecule has 0 aromatic rings. The Morgan fingerprint density at radius 2 is 1.74 bits per heavy atom. The molecule has 0 saturated carbocycles. The fraction of sp³-hybridized carbons (Fsp3) is 0.947. The fourth-order valence-corrected chi connectivity index (χ4v) is 4.44. The lowest BCUT2D eigenvalue weighted by atomic mass is 9.76. The molecule has 2 rings (SSSR count). The van der Waals surface area contributed by atoms with Gasteiger partial charge in [0, 0.05) is 31.1 Å². The minimum absolute atomic E-state index is 0.00123. The van der Waals surface area contributed by atoms with E-state index < -0.39 is 0 Å². The zero-order chi connectivity index (χ0) is 17.3. The number of hydrogen-bond donors (Lipinski definition) is 1. The zero-order valence-corrected chi connectivity index (χ0v) is 15.9. The number of carbonyl (C=O) groups is 1. The van der Waals surface area contributed by atoms with E-state index in [-0.39, 0.29) is 11.5 Å². The fourth-order valence-electron chi connectivity index (χ4n) is 4.44. The highest BCUT2D eigenvalue weighted by molar-refractivity contribution is 5.80. The van der Waals surface area contributed by atoms with Crippen LogP contribution in [0.25, 0.3) is 0 Å². The minimum Gasteiger partial charge on any atom is -0.337 e. The van der Waals surface area contributed by atoms with Gasteiger partial charge in [-0.25, -0.2) is 0 Å². The first-order valence-electron chi connectivity index (χ1n) is 9.39. The van der Waals surface area contributed by atoms with Gasteiger partial charge in [-0.05, 0) is 64.0 Å². The Hall–Kier alpha value is -0.610. The number of hydrogen-bond acceptors (Lipinski definition) is 3. The third kappa shape index (κ3) is 4.48. The van der Waals surface area contributed by atoms with Crippen LogP contribution in [0.5, 0.6) is 0 Å². The first-order valence-corrected chi connectivity index (χ1v) is 9.39. The van der Waals surface area contributed by atoms with Crippen molar-refractivity contribution >= 4 is 5.91 Å². The third-order valence-electron chi connectivity index (χ3n) is 5.90. The molecular formula is C19H37N3O. The van der Waals surface area contributed by atoms with Crippen LogP contribution in [0.4, 0.5) is 0 Å². The summed E-state index contributed by atoms with van der Waals surface area (Å²) in [7, 11) is 0. The lowest BCUT2D eigenvalue weighted by Crippen LogP contribution is -2.50. The summed E-state index contributed by atoms with van der Waals surface area (Å²) in [4.78, 5) is 17.7. The van der Waals surface area contributed by atoms with Gasteiger partial charge in [0.05, 0.1) is 0 Å². The SMILES string of the molecule is CC(C)(C)CC1CCN(C(=O)C2CCN(CCN)CC2)C1(C)C. The molecule has 2 heterocycles. The Morgan fingerprint density at radius 1 is 1.13 bits per heavy atom. The maximum absolute atomic E-state index is 13.1. The van der Waals surface area contributed by atoms with Crippen LogP contribution in [0.2, 0.25) is 0 Å². The molecule has 4 heteroatoms. The quantitative estimate of drug-likeness (QED) is 0.865. The molecule has 2 fully saturated rings. The Kier molecular flexibility index (Phi) is 5.78. The number of likely N-dealkylation sites (tertiary alicyclic amines) is 2. The molecule has 2 aliphatic heterocycles. The summed E-state index contributed by atoms with van der Waals surface area (Å²) in [6.07, 6.45) is 4.34. The van der Waals surface area contributed by atoms with E-state index in [2.05, 4.69) is 44.4 Å². The van der Waals surface area contributed by atoms with E-state index in [1.165, 1.54) is 6.42 Å². The van der Waals surface area contributed by atoms with Crippen molar-refractivity contribution in [2.45, 2.75) is 65.8 Å². The second-order valence-electron chi connectivity index (χ2n) is 9.30. The number of amides is 1. The zero-order valence-electron chi connectivity index (χ0n) is 15.9. The lowest BCUT2D eigenvalue weighted by molar-refractivity contribution is -0.141. The third-order valence-corrected chi connectivity index (χ3v) is 5.90. The highest BCUT2D eigenvalue weighted by Crippen LogP contribution is 2.42. The molecule has 1 amide bonds. The van der Waals surface area contributed by atoms with Crippen molar-refractivity contribution in [3.63, 3.8) is 0 Å². The number of piperidine rings is 1. The molecule has 23 heavy (non-hydrogen) atoms. The van der Waals surface area contributed by atoms with Gasteiger partial charge >= 0.3 is 0 Å². The van der Waals surface area contributed by atoms with E-state index >= 15 is 0 Å². The van der Waals surface area contributed by atoms with E-state index in [0.29, 0.717) is 23.8 Å². The van der Waals surface area contributed by atoms with Gasteiger partial charge < -0.3 is 15.5 Å². The van der Waals surface area contributed by atoms with E-state index in [4.69, 9.17) is 5.73 Å². The van der Waals surface area contributed by atoms with Crippen molar-refractivity contribution in [3.8, 4) is 0 Å². The Labute approximate surface area is 142 Å². The first kappa shape index (κ1) is 18.7. The topological polar surface area (TPSA) is 49.6 Å². The normalized spacial score (nSPS) is 26.7. The molecule has 0 aromatic heterocycles. The van der Waals surface area contributed by atoms with Crippen LogP contribution in [0, 0.1) is 17.3 Å². The Bertz CT molecular complexity index is 405. The number of nitrogens with two attached hydrogens (primary N) is 1. The molecule has 2 saturated heterocycles. The monoisotopic (exact) mass is 323 g/mol. The van der Waals surface area contributed by atoms with Gasteiger partial charge in [-0.3, -0.25) is 4.79 Å². The molecule has 0 radical (unpaired) electrons. The molecule has 1 unspecified atom stereocenters. The molecule has 4 nitrogen and oxygen atoms in total. The van der Waals surface area contributed by atoms with E-state index in [0.717, 1.165) is 45.4 Å². The molecule has 2 aliphatic rings. The molecule has 134 valence electrons. The van der Waals surface area contributed by atoms with Crippen molar-refractivity contribution in [2.75, 3.05) is 32.7 Å². The predicted octanol–water partition coefficient (Wildman–Crippen LogP) is 2.72. The van der Waals surface area contributed by atoms with E-state index in [1.54, 1.807) is 0 Å². The maximum atomic E-state index is 13.1. The molecule has 1 atom stereocenters. The summed E-state index contributed by atoms with van der Waals surface area (Å²) >= 11 is 0. The smallest absolute Gasteiger partial charge is 0.226 e. The van der Waals surface area contributed by atoms with Gasteiger partial charge in [0.25, 0.3) is 0 Å². The Balaban J connectivity index is 1.95. The average molecular weight is 324 g/mol.